The lowest BCUT2D eigenvalue weighted by Crippen LogP contribution is -2.06. The van der Waals surface area contributed by atoms with Crippen LogP contribution in [0, 0.1) is 0 Å². The van der Waals surface area contributed by atoms with Crippen molar-refractivity contribution >= 4 is 0 Å². The zero-order valence-electron chi connectivity index (χ0n) is 16.8. The molecule has 0 amide bonds. The van der Waals surface area contributed by atoms with Crippen LogP contribution in [0.1, 0.15) is 66.8 Å². The summed E-state index contributed by atoms with van der Waals surface area (Å²) in [6.45, 7) is 6.80. The summed E-state index contributed by atoms with van der Waals surface area (Å²) in [5.74, 6) is 1.14. The van der Waals surface area contributed by atoms with Crippen molar-refractivity contribution in [3.63, 3.8) is 0 Å². The third-order valence-corrected chi connectivity index (χ3v) is 6.02. The maximum Gasteiger partial charge on any atom is -0.00806 e. The van der Waals surface area contributed by atoms with E-state index in [2.05, 4.69) is 87.5 Å². The Labute approximate surface area is 164 Å². The summed E-state index contributed by atoms with van der Waals surface area (Å²) in [6.07, 6.45) is 4.62. The summed E-state index contributed by atoms with van der Waals surface area (Å²) in [6, 6.07) is 25.5. The Hall–Kier alpha value is -2.34. The molecule has 1 aliphatic carbocycles. The zero-order valence-corrected chi connectivity index (χ0v) is 16.8. The highest BCUT2D eigenvalue weighted by Gasteiger charge is 2.22. The molecule has 1 unspecified atom stereocenters. The summed E-state index contributed by atoms with van der Waals surface area (Å²) in [4.78, 5) is 0. The first-order chi connectivity index (χ1) is 13.2. The highest BCUT2D eigenvalue weighted by atomic mass is 14.3. The molecule has 0 saturated heterocycles. The van der Waals surface area contributed by atoms with Crippen LogP contribution in [0.2, 0.25) is 0 Å². The quantitative estimate of drug-likeness (QED) is 0.460. The van der Waals surface area contributed by atoms with Crippen molar-refractivity contribution in [1.29, 1.82) is 0 Å². The number of benzene rings is 3. The van der Waals surface area contributed by atoms with Crippen LogP contribution in [0.15, 0.2) is 66.7 Å². The van der Waals surface area contributed by atoms with Gasteiger partial charge in [0.25, 0.3) is 0 Å². The van der Waals surface area contributed by atoms with Gasteiger partial charge in [-0.25, -0.2) is 0 Å². The largest absolute Gasteiger partial charge is 0.0651 e. The molecule has 0 nitrogen and oxygen atoms in total. The van der Waals surface area contributed by atoms with Crippen molar-refractivity contribution in [1.82, 2.24) is 0 Å². The fraction of sp³-hybridized carbons (Fsp3) is 0.333. The van der Waals surface area contributed by atoms with Gasteiger partial charge in [-0.05, 0) is 70.0 Å². The molecule has 1 atom stereocenters. The third-order valence-electron chi connectivity index (χ3n) is 6.02. The van der Waals surface area contributed by atoms with Gasteiger partial charge < -0.3 is 0 Å². The number of fused-ring (bicyclic) bond motifs is 3. The van der Waals surface area contributed by atoms with Crippen LogP contribution >= 0.6 is 0 Å². The van der Waals surface area contributed by atoms with Crippen LogP contribution < -0.4 is 0 Å². The van der Waals surface area contributed by atoms with Gasteiger partial charge in [0, 0.05) is 0 Å². The van der Waals surface area contributed by atoms with E-state index in [0.717, 1.165) is 12.8 Å². The molecular weight excluding hydrogens is 324 g/mol. The molecule has 4 rings (SSSR count). The second-order valence-corrected chi connectivity index (χ2v) is 8.33. The van der Waals surface area contributed by atoms with E-state index in [1.807, 2.05) is 0 Å². The standard InChI is InChI=1S/C27H30/c1-4-7-20-10-15-27-25(16-20)18-24(17-23-8-5-6-9-26(23)27)22-13-11-21(12-14-22)19(2)3/h5-6,8-16,19,24H,4,7,17-18H2,1-3H3. The van der Waals surface area contributed by atoms with Crippen LogP contribution in [0.5, 0.6) is 0 Å². The van der Waals surface area contributed by atoms with Crippen molar-refractivity contribution < 1.29 is 0 Å². The molecular formula is C27H30. The average molecular weight is 355 g/mol. The van der Waals surface area contributed by atoms with E-state index in [4.69, 9.17) is 0 Å². The van der Waals surface area contributed by atoms with Gasteiger partial charge in [-0.15, -0.1) is 0 Å². The number of rotatable bonds is 4. The Morgan fingerprint density at radius 3 is 2.26 bits per heavy atom. The summed E-state index contributed by atoms with van der Waals surface area (Å²) >= 11 is 0. The zero-order chi connectivity index (χ0) is 18.8. The van der Waals surface area contributed by atoms with Crippen molar-refractivity contribution in [3.8, 4) is 11.1 Å². The predicted octanol–water partition coefficient (Wildman–Crippen LogP) is 7.31. The van der Waals surface area contributed by atoms with E-state index in [0.29, 0.717) is 11.8 Å². The maximum absolute atomic E-state index is 2.47. The van der Waals surface area contributed by atoms with Crippen LogP contribution in [0.4, 0.5) is 0 Å². The van der Waals surface area contributed by atoms with Gasteiger partial charge in [0.15, 0.2) is 0 Å². The third kappa shape index (κ3) is 3.72. The highest BCUT2D eigenvalue weighted by Crippen LogP contribution is 2.38. The normalized spacial score (nSPS) is 15.9. The minimum atomic E-state index is 0.547. The molecule has 0 heteroatoms. The van der Waals surface area contributed by atoms with Gasteiger partial charge in [-0.2, -0.15) is 0 Å². The first kappa shape index (κ1) is 18.0. The van der Waals surface area contributed by atoms with Gasteiger partial charge in [0.05, 0.1) is 0 Å². The topological polar surface area (TPSA) is 0 Å². The Balaban J connectivity index is 1.77. The first-order valence-electron chi connectivity index (χ1n) is 10.5. The summed E-state index contributed by atoms with van der Waals surface area (Å²) in [5.41, 5.74) is 10.2. The van der Waals surface area contributed by atoms with Crippen molar-refractivity contribution in [3.05, 3.63) is 94.5 Å². The molecule has 0 aliphatic heterocycles. The van der Waals surface area contributed by atoms with Crippen molar-refractivity contribution in [2.24, 2.45) is 0 Å². The van der Waals surface area contributed by atoms with E-state index in [1.165, 1.54) is 51.8 Å². The minimum absolute atomic E-state index is 0.547. The van der Waals surface area contributed by atoms with Crippen LogP contribution in [0.3, 0.4) is 0 Å². The molecule has 3 aromatic carbocycles. The Bertz CT molecular complexity index is 915. The fourth-order valence-electron chi connectivity index (χ4n) is 4.48. The molecule has 0 N–H and O–H groups in total. The monoisotopic (exact) mass is 354 g/mol. The van der Waals surface area contributed by atoms with E-state index in [-0.39, 0.29) is 0 Å². The van der Waals surface area contributed by atoms with Gasteiger partial charge in [0.2, 0.25) is 0 Å². The molecule has 0 spiro atoms. The van der Waals surface area contributed by atoms with Crippen molar-refractivity contribution in [2.45, 2.75) is 58.3 Å². The maximum atomic E-state index is 2.47. The summed E-state index contributed by atoms with van der Waals surface area (Å²) < 4.78 is 0. The van der Waals surface area contributed by atoms with Crippen LogP contribution in [0.25, 0.3) is 11.1 Å². The number of hydrogen-bond acceptors (Lipinski definition) is 0. The fourth-order valence-corrected chi connectivity index (χ4v) is 4.48. The second kappa shape index (κ2) is 7.72. The molecule has 27 heavy (non-hydrogen) atoms. The van der Waals surface area contributed by atoms with Gasteiger partial charge in [-0.3, -0.25) is 0 Å². The van der Waals surface area contributed by atoms with Gasteiger partial charge in [0.1, 0.15) is 0 Å². The summed E-state index contributed by atoms with van der Waals surface area (Å²) in [7, 11) is 0. The first-order valence-corrected chi connectivity index (χ1v) is 10.5. The highest BCUT2D eigenvalue weighted by molar-refractivity contribution is 5.72. The van der Waals surface area contributed by atoms with Crippen LogP contribution in [-0.2, 0) is 19.3 Å². The van der Waals surface area contributed by atoms with Crippen LogP contribution in [-0.4, -0.2) is 0 Å². The Morgan fingerprint density at radius 1 is 0.815 bits per heavy atom. The molecule has 1 aliphatic rings. The molecule has 0 fully saturated rings. The SMILES string of the molecule is CCCc1ccc2c(c1)CC(c1ccc(C(C)C)cc1)Cc1ccccc1-2. The van der Waals surface area contributed by atoms with E-state index in [1.54, 1.807) is 0 Å². The Kier molecular flexibility index (Phi) is 5.16. The average Bonchev–Trinajstić information content (AvgIpc) is 2.85. The smallest absolute Gasteiger partial charge is 0.00806 e. The van der Waals surface area contributed by atoms with Gasteiger partial charge in [-0.1, -0.05) is 93.9 Å². The molecule has 138 valence electrons. The molecule has 0 radical (unpaired) electrons. The second-order valence-electron chi connectivity index (χ2n) is 8.33. The van der Waals surface area contributed by atoms with E-state index >= 15 is 0 Å². The molecule has 3 aromatic rings. The lowest BCUT2D eigenvalue weighted by atomic mass is 9.87. The minimum Gasteiger partial charge on any atom is -0.0651 e. The predicted molar refractivity (Wildman–Crippen MR) is 117 cm³/mol. The molecule has 0 aromatic heterocycles. The molecule has 0 heterocycles. The number of aryl methyl sites for hydroxylation is 1. The molecule has 0 saturated carbocycles. The lowest BCUT2D eigenvalue weighted by Gasteiger charge is -2.17. The van der Waals surface area contributed by atoms with E-state index in [9.17, 15) is 0 Å². The van der Waals surface area contributed by atoms with Crippen molar-refractivity contribution in [2.75, 3.05) is 0 Å². The molecule has 0 bridgehead atoms. The van der Waals surface area contributed by atoms with E-state index < -0.39 is 0 Å². The Morgan fingerprint density at radius 2 is 1.52 bits per heavy atom. The lowest BCUT2D eigenvalue weighted by molar-refractivity contribution is 0.687. The van der Waals surface area contributed by atoms with Gasteiger partial charge >= 0.3 is 0 Å². The number of hydrogen-bond donors (Lipinski definition) is 0. The summed E-state index contributed by atoms with van der Waals surface area (Å²) in [5, 5.41) is 0.